The van der Waals surface area contributed by atoms with Gasteiger partial charge in [-0.25, -0.2) is 4.79 Å². The maximum absolute atomic E-state index is 12.5. The molecular weight excluding hydrogens is 420 g/mol. The molecule has 3 N–H and O–H groups in total. The molecule has 0 saturated heterocycles. The van der Waals surface area contributed by atoms with Crippen molar-refractivity contribution < 1.29 is 24.2 Å². The normalized spacial score (nSPS) is 21.8. The van der Waals surface area contributed by atoms with E-state index >= 15 is 0 Å². The number of benzene rings is 2. The van der Waals surface area contributed by atoms with Crippen LogP contribution in [-0.4, -0.2) is 41.8 Å². The fraction of sp³-hybridized carbons (Fsp3) is 0.423. The monoisotopic (exact) mass is 448 g/mol. The zero-order valence-corrected chi connectivity index (χ0v) is 18.3. The zero-order valence-electron chi connectivity index (χ0n) is 18.3. The molecule has 33 heavy (non-hydrogen) atoms. The molecule has 0 radical (unpaired) electrons. The molecule has 1 unspecified atom stereocenters. The van der Waals surface area contributed by atoms with Gasteiger partial charge in [0.25, 0.3) is 0 Å². The van der Waals surface area contributed by atoms with E-state index in [4.69, 9.17) is 9.84 Å². The molecule has 3 aliphatic carbocycles. The number of carboxylic acid groups (broad SMARTS) is 1. The summed E-state index contributed by atoms with van der Waals surface area (Å²) in [5.74, 6) is -0.912. The number of aliphatic carboxylic acids is 1. The number of carbonyl (C=O) groups is 3. The fourth-order valence-electron chi connectivity index (χ4n) is 5.08. The molecule has 1 atom stereocenters. The highest BCUT2D eigenvalue weighted by Crippen LogP contribution is 2.44. The summed E-state index contributed by atoms with van der Waals surface area (Å²) in [6, 6.07) is 16.0. The van der Waals surface area contributed by atoms with Crippen LogP contribution in [0, 0.1) is 11.8 Å². The lowest BCUT2D eigenvalue weighted by molar-refractivity contribution is -0.138. The molecular formula is C26H28N2O5. The van der Waals surface area contributed by atoms with E-state index in [-0.39, 0.29) is 48.8 Å². The molecule has 0 aromatic heterocycles. The number of rotatable bonds is 8. The van der Waals surface area contributed by atoms with E-state index in [0.717, 1.165) is 12.8 Å². The van der Waals surface area contributed by atoms with Crippen LogP contribution in [0.4, 0.5) is 4.79 Å². The minimum Gasteiger partial charge on any atom is -0.481 e. The van der Waals surface area contributed by atoms with Crippen molar-refractivity contribution in [1.82, 2.24) is 10.6 Å². The average Bonchev–Trinajstić information content (AvgIpc) is 3.57. The minimum absolute atomic E-state index is 0.0108. The van der Waals surface area contributed by atoms with Gasteiger partial charge in [-0.3, -0.25) is 9.59 Å². The molecule has 3 aliphatic rings. The summed E-state index contributed by atoms with van der Waals surface area (Å²) in [5.41, 5.74) is 4.70. The summed E-state index contributed by atoms with van der Waals surface area (Å²) in [4.78, 5) is 35.9. The van der Waals surface area contributed by atoms with Crippen LogP contribution in [0.25, 0.3) is 11.1 Å². The van der Waals surface area contributed by atoms with Crippen LogP contribution in [0.3, 0.4) is 0 Å². The van der Waals surface area contributed by atoms with E-state index < -0.39 is 12.1 Å². The molecule has 7 heteroatoms. The summed E-state index contributed by atoms with van der Waals surface area (Å²) in [6.45, 7) is 0.259. The molecule has 0 heterocycles. The Balaban J connectivity index is 1.09. The third kappa shape index (κ3) is 4.58. The molecule has 0 aliphatic heterocycles. The topological polar surface area (TPSA) is 105 Å². The summed E-state index contributed by atoms with van der Waals surface area (Å²) < 4.78 is 5.57. The minimum atomic E-state index is -0.893. The molecule has 172 valence electrons. The Morgan fingerprint density at radius 1 is 0.970 bits per heavy atom. The van der Waals surface area contributed by atoms with Gasteiger partial charge in [0.2, 0.25) is 5.91 Å². The second-order valence-corrected chi connectivity index (χ2v) is 9.39. The maximum Gasteiger partial charge on any atom is 0.407 e. The number of hydrogen-bond donors (Lipinski definition) is 3. The van der Waals surface area contributed by atoms with Crippen LogP contribution in [0.15, 0.2) is 48.5 Å². The number of ether oxygens (including phenoxy) is 1. The Morgan fingerprint density at radius 2 is 1.58 bits per heavy atom. The van der Waals surface area contributed by atoms with Crippen molar-refractivity contribution in [2.45, 2.75) is 50.1 Å². The number of carbonyl (C=O) groups excluding carboxylic acids is 2. The number of fused-ring (bicyclic) bond motifs is 3. The summed E-state index contributed by atoms with van der Waals surface area (Å²) in [6.07, 6.45) is 2.51. The van der Waals surface area contributed by atoms with E-state index in [2.05, 4.69) is 34.9 Å². The van der Waals surface area contributed by atoms with Crippen molar-refractivity contribution >= 4 is 18.0 Å². The molecule has 5 rings (SSSR count). The molecule has 2 aromatic rings. The largest absolute Gasteiger partial charge is 0.481 e. The highest BCUT2D eigenvalue weighted by Gasteiger charge is 2.39. The fourth-order valence-corrected chi connectivity index (χ4v) is 5.08. The van der Waals surface area contributed by atoms with E-state index in [1.165, 1.54) is 22.3 Å². The first-order valence-corrected chi connectivity index (χ1v) is 11.6. The van der Waals surface area contributed by atoms with Crippen molar-refractivity contribution in [2.24, 2.45) is 11.8 Å². The SMILES string of the molecule is O=C(O)CC(NC(=O)C1CC(NC(=O)OCC2c3ccccc3-c3ccccc32)C1)C1CC1. The zero-order chi connectivity index (χ0) is 22.9. The average molecular weight is 449 g/mol. The predicted molar refractivity (Wildman–Crippen MR) is 122 cm³/mol. The smallest absolute Gasteiger partial charge is 0.407 e. The second-order valence-electron chi connectivity index (χ2n) is 9.39. The van der Waals surface area contributed by atoms with Crippen molar-refractivity contribution in [1.29, 1.82) is 0 Å². The third-order valence-corrected chi connectivity index (χ3v) is 7.09. The number of alkyl carbamates (subject to hydrolysis) is 1. The first-order valence-electron chi connectivity index (χ1n) is 11.6. The van der Waals surface area contributed by atoms with Crippen LogP contribution in [0.1, 0.15) is 49.1 Å². The Labute approximate surface area is 192 Å². The van der Waals surface area contributed by atoms with Gasteiger partial charge in [-0.05, 0) is 53.9 Å². The quantitative estimate of drug-likeness (QED) is 0.572. The van der Waals surface area contributed by atoms with E-state index in [1.54, 1.807) is 0 Å². The number of amides is 2. The van der Waals surface area contributed by atoms with Gasteiger partial charge in [-0.15, -0.1) is 0 Å². The summed E-state index contributed by atoms with van der Waals surface area (Å²) in [5, 5.41) is 14.8. The van der Waals surface area contributed by atoms with Gasteiger partial charge in [-0.1, -0.05) is 48.5 Å². The van der Waals surface area contributed by atoms with Gasteiger partial charge in [0.1, 0.15) is 6.61 Å². The van der Waals surface area contributed by atoms with Crippen LogP contribution in [0.2, 0.25) is 0 Å². The van der Waals surface area contributed by atoms with Gasteiger partial charge < -0.3 is 20.5 Å². The van der Waals surface area contributed by atoms with Gasteiger partial charge in [0.15, 0.2) is 0 Å². The molecule has 0 spiro atoms. The predicted octanol–water partition coefficient (Wildman–Crippen LogP) is 3.67. The number of carboxylic acids is 1. The lowest BCUT2D eigenvalue weighted by Gasteiger charge is -2.35. The van der Waals surface area contributed by atoms with Crippen molar-refractivity contribution in [3.63, 3.8) is 0 Å². The molecule has 2 fully saturated rings. The lowest BCUT2D eigenvalue weighted by atomic mass is 9.79. The molecule has 0 bridgehead atoms. The maximum atomic E-state index is 12.5. The van der Waals surface area contributed by atoms with Gasteiger partial charge in [0, 0.05) is 23.9 Å². The Kier molecular flexibility index (Phi) is 5.79. The number of hydrogen-bond acceptors (Lipinski definition) is 4. The lowest BCUT2D eigenvalue weighted by Crippen LogP contribution is -2.51. The van der Waals surface area contributed by atoms with Crippen LogP contribution >= 0.6 is 0 Å². The molecule has 2 amide bonds. The molecule has 2 saturated carbocycles. The highest BCUT2D eigenvalue weighted by molar-refractivity contribution is 5.81. The Hall–Kier alpha value is -3.35. The van der Waals surface area contributed by atoms with Crippen LogP contribution < -0.4 is 10.6 Å². The van der Waals surface area contributed by atoms with Gasteiger partial charge in [0.05, 0.1) is 6.42 Å². The summed E-state index contributed by atoms with van der Waals surface area (Å²) in [7, 11) is 0. The highest BCUT2D eigenvalue weighted by atomic mass is 16.5. The first-order chi connectivity index (χ1) is 16.0. The van der Waals surface area contributed by atoms with Crippen molar-refractivity contribution in [3.8, 4) is 11.1 Å². The third-order valence-electron chi connectivity index (χ3n) is 7.09. The van der Waals surface area contributed by atoms with E-state index in [1.807, 2.05) is 24.3 Å². The van der Waals surface area contributed by atoms with Crippen molar-refractivity contribution in [2.75, 3.05) is 6.61 Å². The number of nitrogens with one attached hydrogen (secondary N) is 2. The Bertz CT molecular complexity index is 1030. The van der Waals surface area contributed by atoms with Crippen LogP contribution in [0.5, 0.6) is 0 Å². The van der Waals surface area contributed by atoms with Gasteiger partial charge >= 0.3 is 12.1 Å². The van der Waals surface area contributed by atoms with Crippen LogP contribution in [-0.2, 0) is 14.3 Å². The van der Waals surface area contributed by atoms with E-state index in [9.17, 15) is 14.4 Å². The summed E-state index contributed by atoms with van der Waals surface area (Å²) >= 11 is 0. The standard InChI is InChI=1S/C26H28N2O5/c29-24(30)13-23(15-9-10-15)28-25(31)16-11-17(12-16)27-26(32)33-14-22-20-7-3-1-5-18(20)19-6-2-4-8-21(19)22/h1-8,15-17,22-23H,9-14H2,(H,27,32)(H,28,31)(H,29,30). The molecule has 2 aromatic carbocycles. The second kappa shape index (κ2) is 8.89. The molecule has 7 nitrogen and oxygen atoms in total. The first kappa shape index (κ1) is 21.5. The van der Waals surface area contributed by atoms with Gasteiger partial charge in [-0.2, -0.15) is 0 Å². The van der Waals surface area contributed by atoms with E-state index in [0.29, 0.717) is 12.8 Å². The Morgan fingerprint density at radius 3 is 2.15 bits per heavy atom. The van der Waals surface area contributed by atoms with Crippen molar-refractivity contribution in [3.05, 3.63) is 59.7 Å².